The summed E-state index contributed by atoms with van der Waals surface area (Å²) in [4.78, 5) is 26.2. The van der Waals surface area contributed by atoms with Crippen LogP contribution < -0.4 is 10.7 Å². The molecule has 2 aromatic rings. The van der Waals surface area contributed by atoms with Gasteiger partial charge in [-0.3, -0.25) is 4.79 Å². The summed E-state index contributed by atoms with van der Waals surface area (Å²) in [5.74, 6) is -0.260. The van der Waals surface area contributed by atoms with Gasteiger partial charge in [0.15, 0.2) is 0 Å². The van der Waals surface area contributed by atoms with Crippen molar-refractivity contribution in [2.75, 3.05) is 11.4 Å². The van der Waals surface area contributed by atoms with E-state index in [2.05, 4.69) is 5.10 Å². The molecule has 1 aliphatic rings. The van der Waals surface area contributed by atoms with Crippen LogP contribution >= 0.6 is 0 Å². The van der Waals surface area contributed by atoms with Crippen molar-refractivity contribution in [2.24, 2.45) is 0 Å². The van der Waals surface area contributed by atoms with E-state index in [9.17, 15) is 9.59 Å². The van der Waals surface area contributed by atoms with Crippen LogP contribution in [-0.4, -0.2) is 22.2 Å². The van der Waals surface area contributed by atoms with Gasteiger partial charge in [-0.25, -0.2) is 4.79 Å². The minimum atomic E-state index is -0.567. The number of anilines is 1. The fraction of sp³-hybridized carbons (Fsp3) is 0.438. The molecule has 0 bridgehead atoms. The highest BCUT2D eigenvalue weighted by molar-refractivity contribution is 5.98. The molecule has 1 aliphatic heterocycles. The maximum absolute atomic E-state index is 12.6. The zero-order valence-electron chi connectivity index (χ0n) is 12.8. The van der Waals surface area contributed by atoms with Crippen molar-refractivity contribution in [3.05, 3.63) is 46.3 Å². The maximum atomic E-state index is 12.6. The SMILES string of the molecule is CCCc1nn(C2CCN(c3ccc(C)cc3)C2=O)c(=O)o1. The Morgan fingerprint density at radius 1 is 1.27 bits per heavy atom. The molecule has 1 fully saturated rings. The Balaban J connectivity index is 1.84. The highest BCUT2D eigenvalue weighted by Crippen LogP contribution is 2.27. The second-order valence-electron chi connectivity index (χ2n) is 5.59. The van der Waals surface area contributed by atoms with E-state index >= 15 is 0 Å². The van der Waals surface area contributed by atoms with Crippen LogP contribution in [0.15, 0.2) is 33.5 Å². The summed E-state index contributed by atoms with van der Waals surface area (Å²) in [6.07, 6.45) is 2.00. The highest BCUT2D eigenvalue weighted by atomic mass is 16.4. The fourth-order valence-electron chi connectivity index (χ4n) is 2.71. The third-order valence-corrected chi connectivity index (χ3v) is 3.89. The van der Waals surface area contributed by atoms with Gasteiger partial charge in [0.1, 0.15) is 6.04 Å². The summed E-state index contributed by atoms with van der Waals surface area (Å²) in [5.41, 5.74) is 1.99. The van der Waals surface area contributed by atoms with Gasteiger partial charge in [-0.1, -0.05) is 24.6 Å². The van der Waals surface area contributed by atoms with Crippen LogP contribution in [-0.2, 0) is 11.2 Å². The molecule has 3 rings (SSSR count). The van der Waals surface area contributed by atoms with Gasteiger partial charge in [-0.05, 0) is 31.9 Å². The maximum Gasteiger partial charge on any atom is 0.437 e. The summed E-state index contributed by atoms with van der Waals surface area (Å²) < 4.78 is 6.29. The first kappa shape index (κ1) is 14.6. The molecule has 0 N–H and O–H groups in total. The van der Waals surface area contributed by atoms with Crippen LogP contribution in [0.5, 0.6) is 0 Å². The van der Waals surface area contributed by atoms with Crippen molar-refractivity contribution < 1.29 is 9.21 Å². The van der Waals surface area contributed by atoms with Crippen molar-refractivity contribution in [1.29, 1.82) is 0 Å². The quantitative estimate of drug-likeness (QED) is 0.867. The number of benzene rings is 1. The molecule has 1 unspecified atom stereocenters. The molecule has 1 saturated heterocycles. The lowest BCUT2D eigenvalue weighted by Crippen LogP contribution is -2.31. The molecule has 2 heterocycles. The first-order valence-corrected chi connectivity index (χ1v) is 7.56. The summed E-state index contributed by atoms with van der Waals surface area (Å²) in [6.45, 7) is 4.57. The molecule has 22 heavy (non-hydrogen) atoms. The lowest BCUT2D eigenvalue weighted by molar-refractivity contribution is -0.120. The molecule has 1 amide bonds. The Kier molecular flexibility index (Phi) is 3.83. The van der Waals surface area contributed by atoms with E-state index in [1.165, 1.54) is 4.68 Å². The number of hydrogen-bond donors (Lipinski definition) is 0. The number of amides is 1. The number of carbonyl (C=O) groups is 1. The predicted octanol–water partition coefficient (Wildman–Crippen LogP) is 2.08. The number of rotatable bonds is 4. The lowest BCUT2D eigenvalue weighted by Gasteiger charge is -2.16. The van der Waals surface area contributed by atoms with Crippen molar-refractivity contribution >= 4 is 11.6 Å². The second kappa shape index (κ2) is 5.79. The number of hydrogen-bond acceptors (Lipinski definition) is 4. The summed E-state index contributed by atoms with van der Waals surface area (Å²) in [5, 5.41) is 4.16. The predicted molar refractivity (Wildman–Crippen MR) is 81.9 cm³/mol. The average Bonchev–Trinajstić information content (AvgIpc) is 3.03. The molecular weight excluding hydrogens is 282 g/mol. The third kappa shape index (κ3) is 2.56. The van der Waals surface area contributed by atoms with Gasteiger partial charge in [0.25, 0.3) is 5.91 Å². The monoisotopic (exact) mass is 301 g/mol. The van der Waals surface area contributed by atoms with Crippen molar-refractivity contribution in [2.45, 2.75) is 39.2 Å². The van der Waals surface area contributed by atoms with Gasteiger partial charge in [-0.2, -0.15) is 4.68 Å². The van der Waals surface area contributed by atoms with Crippen LogP contribution in [0.4, 0.5) is 5.69 Å². The molecule has 1 aromatic heterocycles. The Labute approximate surface area is 128 Å². The number of aromatic nitrogens is 2. The number of carbonyl (C=O) groups excluding carboxylic acids is 1. The minimum absolute atomic E-state index is 0.109. The van der Waals surface area contributed by atoms with E-state index in [1.54, 1.807) is 4.90 Å². The molecule has 0 aliphatic carbocycles. The van der Waals surface area contributed by atoms with E-state index in [-0.39, 0.29) is 5.91 Å². The third-order valence-electron chi connectivity index (χ3n) is 3.89. The van der Waals surface area contributed by atoms with Crippen molar-refractivity contribution in [3.63, 3.8) is 0 Å². The molecule has 0 spiro atoms. The fourth-order valence-corrected chi connectivity index (χ4v) is 2.71. The minimum Gasteiger partial charge on any atom is -0.392 e. The van der Waals surface area contributed by atoms with Crippen LogP contribution in [0, 0.1) is 6.92 Å². The van der Waals surface area contributed by atoms with E-state index in [1.807, 2.05) is 38.1 Å². The molecule has 0 saturated carbocycles. The molecule has 6 heteroatoms. The van der Waals surface area contributed by atoms with Gasteiger partial charge in [0, 0.05) is 18.7 Å². The summed E-state index contributed by atoms with van der Waals surface area (Å²) in [6, 6.07) is 7.21. The number of nitrogens with zero attached hydrogens (tertiary/aromatic N) is 3. The van der Waals surface area contributed by atoms with Gasteiger partial charge in [-0.15, -0.1) is 5.10 Å². The first-order chi connectivity index (χ1) is 10.6. The van der Waals surface area contributed by atoms with Crippen molar-refractivity contribution in [1.82, 2.24) is 9.78 Å². The smallest absolute Gasteiger partial charge is 0.392 e. The zero-order chi connectivity index (χ0) is 15.7. The molecule has 116 valence electrons. The zero-order valence-corrected chi connectivity index (χ0v) is 12.8. The Bertz CT molecular complexity index is 730. The van der Waals surface area contributed by atoms with E-state index < -0.39 is 11.8 Å². The molecule has 6 nitrogen and oxygen atoms in total. The summed E-state index contributed by atoms with van der Waals surface area (Å²) >= 11 is 0. The van der Waals surface area contributed by atoms with Crippen LogP contribution in [0.3, 0.4) is 0 Å². The van der Waals surface area contributed by atoms with E-state index in [0.29, 0.717) is 25.3 Å². The Morgan fingerprint density at radius 3 is 2.68 bits per heavy atom. The van der Waals surface area contributed by atoms with Gasteiger partial charge >= 0.3 is 5.76 Å². The largest absolute Gasteiger partial charge is 0.437 e. The summed E-state index contributed by atoms with van der Waals surface area (Å²) in [7, 11) is 0. The molecular formula is C16H19N3O3. The van der Waals surface area contributed by atoms with Crippen LogP contribution in [0.2, 0.25) is 0 Å². The normalized spacial score (nSPS) is 18.2. The Hall–Kier alpha value is -2.37. The van der Waals surface area contributed by atoms with Crippen molar-refractivity contribution in [3.8, 4) is 0 Å². The molecule has 1 atom stereocenters. The van der Waals surface area contributed by atoms with Crippen LogP contribution in [0.25, 0.3) is 0 Å². The van der Waals surface area contributed by atoms with Crippen LogP contribution in [0.1, 0.15) is 37.3 Å². The van der Waals surface area contributed by atoms with E-state index in [4.69, 9.17) is 4.42 Å². The Morgan fingerprint density at radius 2 is 2.00 bits per heavy atom. The van der Waals surface area contributed by atoms with Gasteiger partial charge in [0.05, 0.1) is 0 Å². The molecule has 1 aromatic carbocycles. The topological polar surface area (TPSA) is 68.3 Å². The van der Waals surface area contributed by atoms with E-state index in [0.717, 1.165) is 17.7 Å². The lowest BCUT2D eigenvalue weighted by atomic mass is 10.2. The van der Waals surface area contributed by atoms with Gasteiger partial charge < -0.3 is 9.32 Å². The molecule has 0 radical (unpaired) electrons. The average molecular weight is 301 g/mol. The second-order valence-corrected chi connectivity index (χ2v) is 5.59. The number of aryl methyl sites for hydroxylation is 2. The standard InChI is InChI=1S/C16H19N3O3/c1-3-4-14-17-19(16(21)22-14)13-9-10-18(15(13)20)12-7-5-11(2)6-8-12/h5-8,13H,3-4,9-10H2,1-2H3. The van der Waals surface area contributed by atoms with Gasteiger partial charge in [0.2, 0.25) is 5.89 Å². The highest BCUT2D eigenvalue weighted by Gasteiger charge is 2.36. The first-order valence-electron chi connectivity index (χ1n) is 7.56.